The number of ether oxygens (including phenoxy) is 2. The Hall–Kier alpha value is -2.11. The van der Waals surface area contributed by atoms with E-state index in [-0.39, 0.29) is 34.9 Å². The molecule has 1 aromatic rings. The third-order valence-corrected chi connectivity index (χ3v) is 2.13. The van der Waals surface area contributed by atoms with E-state index in [1.807, 2.05) is 0 Å². The topological polar surface area (TPSA) is 102 Å². The number of nitrogens with two attached hydrogens (primary N) is 1. The first-order valence-electron chi connectivity index (χ1n) is 4.45. The van der Waals surface area contributed by atoms with Gasteiger partial charge in [-0.3, -0.25) is 4.79 Å². The van der Waals surface area contributed by atoms with Crippen LogP contribution in [0.5, 0.6) is 17.2 Å². The molecule has 16 heavy (non-hydrogen) atoms. The van der Waals surface area contributed by atoms with Crippen LogP contribution in [0.3, 0.4) is 0 Å². The summed E-state index contributed by atoms with van der Waals surface area (Å²) in [6.07, 6.45) is -0.372. The van der Waals surface area contributed by atoms with Crippen molar-refractivity contribution in [2.75, 3.05) is 20.0 Å². The van der Waals surface area contributed by atoms with Crippen LogP contribution in [0.4, 0.5) is 5.69 Å². The van der Waals surface area contributed by atoms with E-state index < -0.39 is 5.97 Å². The molecule has 0 spiro atoms. The Bertz CT molecular complexity index is 416. The SMILES string of the molecule is COc1cc(OC)c(CC(=O)O)c(O)c1N. The van der Waals surface area contributed by atoms with Crippen molar-refractivity contribution in [1.29, 1.82) is 0 Å². The number of carboxylic acid groups (broad SMARTS) is 1. The molecule has 0 fully saturated rings. The zero-order valence-electron chi connectivity index (χ0n) is 8.98. The molecular weight excluding hydrogens is 214 g/mol. The Labute approximate surface area is 92.2 Å². The fourth-order valence-corrected chi connectivity index (χ4v) is 1.35. The molecule has 0 aliphatic carbocycles. The van der Waals surface area contributed by atoms with Crippen molar-refractivity contribution in [1.82, 2.24) is 0 Å². The van der Waals surface area contributed by atoms with Crippen LogP contribution in [-0.4, -0.2) is 30.4 Å². The van der Waals surface area contributed by atoms with E-state index in [0.29, 0.717) is 0 Å². The molecule has 1 rings (SSSR count). The van der Waals surface area contributed by atoms with Gasteiger partial charge in [0.2, 0.25) is 0 Å². The molecule has 6 heteroatoms. The first kappa shape index (κ1) is 12.0. The van der Waals surface area contributed by atoms with Crippen LogP contribution < -0.4 is 15.2 Å². The Kier molecular flexibility index (Phi) is 3.44. The van der Waals surface area contributed by atoms with Crippen LogP contribution in [0.2, 0.25) is 0 Å². The lowest BCUT2D eigenvalue weighted by molar-refractivity contribution is -0.136. The largest absolute Gasteiger partial charge is 0.505 e. The van der Waals surface area contributed by atoms with Crippen LogP contribution in [-0.2, 0) is 11.2 Å². The zero-order chi connectivity index (χ0) is 12.3. The van der Waals surface area contributed by atoms with Gasteiger partial charge in [-0.05, 0) is 0 Å². The van der Waals surface area contributed by atoms with Gasteiger partial charge in [-0.15, -0.1) is 0 Å². The summed E-state index contributed by atoms with van der Waals surface area (Å²) >= 11 is 0. The van der Waals surface area contributed by atoms with Crippen molar-refractivity contribution in [2.45, 2.75) is 6.42 Å². The van der Waals surface area contributed by atoms with Crippen molar-refractivity contribution >= 4 is 11.7 Å². The quantitative estimate of drug-likeness (QED) is 0.514. The van der Waals surface area contributed by atoms with Gasteiger partial charge in [0.05, 0.1) is 20.6 Å². The molecule has 0 radical (unpaired) electrons. The van der Waals surface area contributed by atoms with E-state index >= 15 is 0 Å². The minimum atomic E-state index is -1.09. The van der Waals surface area contributed by atoms with E-state index in [9.17, 15) is 9.90 Å². The van der Waals surface area contributed by atoms with Crippen LogP contribution >= 0.6 is 0 Å². The summed E-state index contributed by atoms with van der Waals surface area (Å²) in [5.41, 5.74) is 5.70. The van der Waals surface area contributed by atoms with E-state index in [0.717, 1.165) is 0 Å². The minimum absolute atomic E-state index is 0.000417. The summed E-state index contributed by atoms with van der Waals surface area (Å²) < 4.78 is 9.88. The Morgan fingerprint density at radius 2 is 1.94 bits per heavy atom. The highest BCUT2D eigenvalue weighted by Gasteiger charge is 2.18. The van der Waals surface area contributed by atoms with Gasteiger partial charge < -0.3 is 25.4 Å². The van der Waals surface area contributed by atoms with Gasteiger partial charge in [0.15, 0.2) is 0 Å². The second kappa shape index (κ2) is 4.61. The number of benzene rings is 1. The zero-order valence-corrected chi connectivity index (χ0v) is 8.98. The first-order valence-corrected chi connectivity index (χ1v) is 4.45. The van der Waals surface area contributed by atoms with E-state index in [1.54, 1.807) is 0 Å². The molecule has 0 unspecified atom stereocenters. The number of nitrogen functional groups attached to an aromatic ring is 1. The lowest BCUT2D eigenvalue weighted by atomic mass is 10.1. The maximum absolute atomic E-state index is 10.6. The fraction of sp³-hybridized carbons (Fsp3) is 0.300. The van der Waals surface area contributed by atoms with Crippen LogP contribution in [0, 0.1) is 0 Å². The molecule has 1 aromatic carbocycles. The molecule has 0 saturated heterocycles. The smallest absolute Gasteiger partial charge is 0.308 e. The lowest BCUT2D eigenvalue weighted by Crippen LogP contribution is -2.05. The number of carboxylic acids is 1. The third-order valence-electron chi connectivity index (χ3n) is 2.13. The second-order valence-electron chi connectivity index (χ2n) is 3.09. The molecule has 0 aromatic heterocycles. The number of phenols is 1. The van der Waals surface area contributed by atoms with Gasteiger partial charge >= 0.3 is 5.97 Å². The molecule has 0 amide bonds. The van der Waals surface area contributed by atoms with Crippen LogP contribution in [0.1, 0.15) is 5.56 Å². The predicted molar refractivity (Wildman–Crippen MR) is 57.0 cm³/mol. The maximum atomic E-state index is 10.6. The molecule has 0 atom stereocenters. The third kappa shape index (κ3) is 2.10. The summed E-state index contributed by atoms with van der Waals surface area (Å²) in [4.78, 5) is 10.6. The number of hydrogen-bond acceptors (Lipinski definition) is 5. The molecule has 0 heterocycles. The fourth-order valence-electron chi connectivity index (χ4n) is 1.35. The molecule has 0 aliphatic rings. The van der Waals surface area contributed by atoms with Gasteiger partial charge in [-0.2, -0.15) is 0 Å². The van der Waals surface area contributed by atoms with Crippen molar-refractivity contribution in [3.05, 3.63) is 11.6 Å². The van der Waals surface area contributed by atoms with Crippen LogP contribution in [0.25, 0.3) is 0 Å². The van der Waals surface area contributed by atoms with E-state index in [2.05, 4.69) is 0 Å². The van der Waals surface area contributed by atoms with E-state index in [4.69, 9.17) is 20.3 Å². The highest BCUT2D eigenvalue weighted by Crippen LogP contribution is 2.40. The average molecular weight is 227 g/mol. The summed E-state index contributed by atoms with van der Waals surface area (Å²) in [5, 5.41) is 18.4. The van der Waals surface area contributed by atoms with Crippen molar-refractivity contribution < 1.29 is 24.5 Å². The molecule has 0 bridgehead atoms. The predicted octanol–water partition coefficient (Wildman–Crippen LogP) is 0.619. The Morgan fingerprint density at radius 1 is 1.38 bits per heavy atom. The maximum Gasteiger partial charge on any atom is 0.308 e. The highest BCUT2D eigenvalue weighted by molar-refractivity contribution is 5.77. The first-order chi connectivity index (χ1) is 7.51. The number of carbonyl (C=O) groups is 1. The number of rotatable bonds is 4. The monoisotopic (exact) mass is 227 g/mol. The summed E-state index contributed by atoms with van der Waals surface area (Å²) in [5.74, 6) is -0.939. The summed E-state index contributed by atoms with van der Waals surface area (Å²) in [6, 6.07) is 1.44. The second-order valence-corrected chi connectivity index (χ2v) is 3.09. The number of aliphatic carboxylic acids is 1. The minimum Gasteiger partial charge on any atom is -0.505 e. The Balaban J connectivity index is 3.35. The molecule has 0 aliphatic heterocycles. The normalized spacial score (nSPS) is 9.88. The van der Waals surface area contributed by atoms with Gasteiger partial charge in [0.25, 0.3) is 0 Å². The number of anilines is 1. The van der Waals surface area contributed by atoms with Gasteiger partial charge in [-0.25, -0.2) is 0 Å². The van der Waals surface area contributed by atoms with Gasteiger partial charge in [0.1, 0.15) is 22.9 Å². The van der Waals surface area contributed by atoms with Crippen molar-refractivity contribution in [3.63, 3.8) is 0 Å². The average Bonchev–Trinajstić information content (AvgIpc) is 2.25. The van der Waals surface area contributed by atoms with Crippen LogP contribution in [0.15, 0.2) is 6.07 Å². The molecular formula is C10H13NO5. The van der Waals surface area contributed by atoms with Crippen molar-refractivity contribution in [2.24, 2.45) is 0 Å². The lowest BCUT2D eigenvalue weighted by Gasteiger charge is -2.14. The summed E-state index contributed by atoms with van der Waals surface area (Å²) in [7, 11) is 2.76. The van der Waals surface area contributed by atoms with E-state index in [1.165, 1.54) is 20.3 Å². The highest BCUT2D eigenvalue weighted by atomic mass is 16.5. The summed E-state index contributed by atoms with van der Waals surface area (Å²) in [6.45, 7) is 0. The molecule has 6 nitrogen and oxygen atoms in total. The number of hydrogen-bond donors (Lipinski definition) is 3. The number of methoxy groups -OCH3 is 2. The number of phenolic OH excluding ortho intramolecular Hbond substituents is 1. The van der Waals surface area contributed by atoms with Crippen molar-refractivity contribution in [3.8, 4) is 17.2 Å². The molecule has 4 N–H and O–H groups in total. The van der Waals surface area contributed by atoms with Gasteiger partial charge in [0, 0.05) is 11.6 Å². The Morgan fingerprint density at radius 3 is 2.38 bits per heavy atom. The van der Waals surface area contributed by atoms with Gasteiger partial charge in [-0.1, -0.05) is 0 Å². The molecule has 0 saturated carbocycles. The standard InChI is InChI=1S/C10H13NO5/c1-15-6-4-7(16-2)9(11)10(14)5(6)3-8(12)13/h4,14H,3,11H2,1-2H3,(H,12,13). The molecule has 88 valence electrons. The number of aromatic hydroxyl groups is 1.